The van der Waals surface area contributed by atoms with Crippen molar-refractivity contribution in [2.45, 2.75) is 25.8 Å². The van der Waals surface area contributed by atoms with Gasteiger partial charge in [0.25, 0.3) is 0 Å². The second-order valence-electron chi connectivity index (χ2n) is 5.05. The van der Waals surface area contributed by atoms with E-state index < -0.39 is 0 Å². The molecule has 0 saturated heterocycles. The summed E-state index contributed by atoms with van der Waals surface area (Å²) in [5.74, 6) is 0.800. The molecule has 94 valence electrons. The van der Waals surface area contributed by atoms with Gasteiger partial charge in [-0.1, -0.05) is 48.9 Å². The molecule has 1 aliphatic carbocycles. The summed E-state index contributed by atoms with van der Waals surface area (Å²) < 4.78 is 0. The summed E-state index contributed by atoms with van der Waals surface area (Å²) in [4.78, 5) is 0. The quantitative estimate of drug-likeness (QED) is 0.849. The maximum absolute atomic E-state index is 6.29. The molecule has 1 atom stereocenters. The number of hydrogen-bond acceptors (Lipinski definition) is 1. The molecular weight excluding hydrogens is 242 g/mol. The Hall–Kier alpha value is -1.05. The van der Waals surface area contributed by atoms with Crippen LogP contribution in [0.2, 0.25) is 5.02 Å². The summed E-state index contributed by atoms with van der Waals surface area (Å²) in [6, 6.07) is 13.1. The van der Waals surface area contributed by atoms with Gasteiger partial charge in [0.15, 0.2) is 0 Å². The molecule has 1 nitrogen and oxygen atoms in total. The zero-order valence-electron chi connectivity index (χ0n) is 10.6. The molecule has 1 aliphatic rings. The molecule has 1 unspecified atom stereocenters. The Labute approximate surface area is 113 Å². The number of nitrogens with one attached hydrogen (secondary N) is 1. The molecule has 18 heavy (non-hydrogen) atoms. The lowest BCUT2D eigenvalue weighted by molar-refractivity contribution is 0.499. The minimum Gasteiger partial charge on any atom is -0.310 e. The van der Waals surface area contributed by atoms with Crippen LogP contribution < -0.4 is 5.32 Å². The second kappa shape index (κ2) is 4.91. The van der Waals surface area contributed by atoms with Gasteiger partial charge in [0, 0.05) is 16.5 Å². The molecule has 1 fully saturated rings. The maximum Gasteiger partial charge on any atom is 0.0484 e. The van der Waals surface area contributed by atoms with E-state index in [2.05, 4.69) is 42.6 Å². The van der Waals surface area contributed by atoms with Crippen molar-refractivity contribution in [3.8, 4) is 0 Å². The number of halogens is 1. The van der Waals surface area contributed by atoms with Gasteiger partial charge in [-0.05, 0) is 42.3 Å². The SMILES string of the molecule is CCNC(c1ccc(Cl)c2ccccc12)C1CC1. The Balaban J connectivity index is 2.12. The average Bonchev–Trinajstić information content (AvgIpc) is 3.22. The monoisotopic (exact) mass is 259 g/mol. The fourth-order valence-electron chi connectivity index (χ4n) is 2.74. The lowest BCUT2D eigenvalue weighted by Gasteiger charge is -2.20. The van der Waals surface area contributed by atoms with Gasteiger partial charge in [-0.3, -0.25) is 0 Å². The van der Waals surface area contributed by atoms with Crippen LogP contribution in [0.1, 0.15) is 31.4 Å². The highest BCUT2D eigenvalue weighted by molar-refractivity contribution is 6.35. The van der Waals surface area contributed by atoms with Crippen molar-refractivity contribution < 1.29 is 0 Å². The second-order valence-corrected chi connectivity index (χ2v) is 5.46. The lowest BCUT2D eigenvalue weighted by atomic mass is 9.95. The summed E-state index contributed by atoms with van der Waals surface area (Å²) in [7, 11) is 0. The zero-order valence-corrected chi connectivity index (χ0v) is 11.4. The smallest absolute Gasteiger partial charge is 0.0484 e. The van der Waals surface area contributed by atoms with Crippen LogP contribution in [0, 0.1) is 5.92 Å². The molecule has 0 spiro atoms. The minimum atomic E-state index is 0.483. The minimum absolute atomic E-state index is 0.483. The Morgan fingerprint density at radius 3 is 2.56 bits per heavy atom. The molecule has 0 radical (unpaired) electrons. The Kier molecular flexibility index (Phi) is 3.27. The van der Waals surface area contributed by atoms with E-state index >= 15 is 0 Å². The van der Waals surface area contributed by atoms with Crippen molar-refractivity contribution in [3.63, 3.8) is 0 Å². The van der Waals surface area contributed by atoms with Gasteiger partial charge in [0.1, 0.15) is 0 Å². The van der Waals surface area contributed by atoms with Gasteiger partial charge >= 0.3 is 0 Å². The van der Waals surface area contributed by atoms with Crippen molar-refractivity contribution >= 4 is 22.4 Å². The fraction of sp³-hybridized carbons (Fsp3) is 0.375. The third kappa shape index (κ3) is 2.13. The normalized spacial score (nSPS) is 17.0. The zero-order chi connectivity index (χ0) is 12.5. The average molecular weight is 260 g/mol. The van der Waals surface area contributed by atoms with Crippen molar-refractivity contribution in [1.29, 1.82) is 0 Å². The fourth-order valence-corrected chi connectivity index (χ4v) is 2.96. The third-order valence-electron chi connectivity index (χ3n) is 3.76. The highest BCUT2D eigenvalue weighted by Gasteiger charge is 2.32. The summed E-state index contributed by atoms with van der Waals surface area (Å²) in [5, 5.41) is 6.94. The Bertz CT molecular complexity index is 560. The van der Waals surface area contributed by atoms with Gasteiger partial charge in [-0.15, -0.1) is 0 Å². The van der Waals surface area contributed by atoms with E-state index in [4.69, 9.17) is 11.6 Å². The summed E-state index contributed by atoms with van der Waals surface area (Å²) in [6.07, 6.45) is 2.68. The van der Waals surface area contributed by atoms with E-state index in [9.17, 15) is 0 Å². The standard InChI is InChI=1S/C16H18ClN/c1-2-18-16(11-7-8-11)14-9-10-15(17)13-6-4-3-5-12(13)14/h3-6,9-11,16,18H,2,7-8H2,1H3. The summed E-state index contributed by atoms with van der Waals surface area (Å²) >= 11 is 6.29. The van der Waals surface area contributed by atoms with Gasteiger partial charge in [0.2, 0.25) is 0 Å². The van der Waals surface area contributed by atoms with Gasteiger partial charge in [-0.25, -0.2) is 0 Å². The summed E-state index contributed by atoms with van der Waals surface area (Å²) in [5.41, 5.74) is 1.40. The third-order valence-corrected chi connectivity index (χ3v) is 4.09. The molecule has 0 bridgehead atoms. The van der Waals surface area contributed by atoms with E-state index in [-0.39, 0.29) is 0 Å². The van der Waals surface area contributed by atoms with Crippen LogP contribution in [0.3, 0.4) is 0 Å². The van der Waals surface area contributed by atoms with Crippen molar-refractivity contribution in [1.82, 2.24) is 5.32 Å². The van der Waals surface area contributed by atoms with Crippen LogP contribution in [0.4, 0.5) is 0 Å². The molecule has 0 heterocycles. The predicted octanol–water partition coefficient (Wildman–Crippen LogP) is 4.55. The van der Waals surface area contributed by atoms with Crippen molar-refractivity contribution in [2.24, 2.45) is 5.92 Å². The molecular formula is C16H18ClN. The van der Waals surface area contributed by atoms with Crippen molar-refractivity contribution in [3.05, 3.63) is 47.0 Å². The van der Waals surface area contributed by atoms with E-state index in [0.29, 0.717) is 6.04 Å². The Morgan fingerprint density at radius 2 is 1.89 bits per heavy atom. The van der Waals surface area contributed by atoms with Crippen LogP contribution in [-0.4, -0.2) is 6.54 Å². The molecule has 2 aromatic carbocycles. The van der Waals surface area contributed by atoms with Crippen LogP contribution >= 0.6 is 11.6 Å². The predicted molar refractivity (Wildman–Crippen MR) is 78.1 cm³/mol. The topological polar surface area (TPSA) is 12.0 Å². The van der Waals surface area contributed by atoms with Gasteiger partial charge in [0.05, 0.1) is 0 Å². The van der Waals surface area contributed by atoms with Crippen LogP contribution in [0.5, 0.6) is 0 Å². The molecule has 0 amide bonds. The molecule has 2 heteroatoms. The molecule has 1 N–H and O–H groups in total. The van der Waals surface area contributed by atoms with Gasteiger partial charge in [-0.2, -0.15) is 0 Å². The molecule has 0 aromatic heterocycles. The largest absolute Gasteiger partial charge is 0.310 e. The van der Waals surface area contributed by atoms with Gasteiger partial charge < -0.3 is 5.32 Å². The molecule has 0 aliphatic heterocycles. The first kappa shape index (κ1) is 12.0. The number of rotatable bonds is 4. The molecule has 3 rings (SSSR count). The van der Waals surface area contributed by atoms with Crippen LogP contribution in [0.25, 0.3) is 10.8 Å². The first-order chi connectivity index (χ1) is 8.81. The van der Waals surface area contributed by atoms with E-state index in [1.165, 1.54) is 29.2 Å². The molecule has 1 saturated carbocycles. The van der Waals surface area contributed by atoms with Crippen LogP contribution in [-0.2, 0) is 0 Å². The first-order valence-electron chi connectivity index (χ1n) is 6.71. The summed E-state index contributed by atoms with van der Waals surface area (Å²) in [6.45, 7) is 3.19. The number of benzene rings is 2. The Morgan fingerprint density at radius 1 is 1.17 bits per heavy atom. The highest BCUT2D eigenvalue weighted by atomic mass is 35.5. The number of fused-ring (bicyclic) bond motifs is 1. The maximum atomic E-state index is 6.29. The van der Waals surface area contributed by atoms with E-state index in [0.717, 1.165) is 17.5 Å². The molecule has 2 aromatic rings. The lowest BCUT2D eigenvalue weighted by Crippen LogP contribution is -2.22. The van der Waals surface area contributed by atoms with Crippen molar-refractivity contribution in [2.75, 3.05) is 6.54 Å². The first-order valence-corrected chi connectivity index (χ1v) is 7.09. The number of hydrogen-bond donors (Lipinski definition) is 1. The van der Waals surface area contributed by atoms with E-state index in [1.54, 1.807) is 0 Å². The highest BCUT2D eigenvalue weighted by Crippen LogP contribution is 2.43. The van der Waals surface area contributed by atoms with E-state index in [1.807, 2.05) is 6.07 Å². The van der Waals surface area contributed by atoms with Crippen LogP contribution in [0.15, 0.2) is 36.4 Å².